The zero-order valence-corrected chi connectivity index (χ0v) is 16.8. The minimum Gasteiger partial charge on any atom is -0.710 e. The fourth-order valence-electron chi connectivity index (χ4n) is 3.35. The van der Waals surface area contributed by atoms with Crippen LogP contribution in [-0.4, -0.2) is 26.1 Å². The first-order chi connectivity index (χ1) is 14.3. The van der Waals surface area contributed by atoms with Gasteiger partial charge in [0.05, 0.1) is 5.52 Å². The third-order valence-electron chi connectivity index (χ3n) is 4.93. The van der Waals surface area contributed by atoms with Crippen LogP contribution in [0, 0.1) is 17.3 Å². The summed E-state index contributed by atoms with van der Waals surface area (Å²) in [4.78, 5) is 11.5. The summed E-state index contributed by atoms with van der Waals surface area (Å²) < 4.78 is 2.59. The van der Waals surface area contributed by atoms with E-state index in [1.807, 2.05) is 0 Å². The zero-order valence-electron chi connectivity index (χ0n) is 16.0. The van der Waals surface area contributed by atoms with E-state index in [9.17, 15) is 20.3 Å². The van der Waals surface area contributed by atoms with Crippen molar-refractivity contribution in [3.05, 3.63) is 57.5 Å². The van der Waals surface area contributed by atoms with Gasteiger partial charge in [-0.3, -0.25) is 0 Å². The molecule has 154 valence electrons. The number of carboxylic acids is 1. The van der Waals surface area contributed by atoms with E-state index in [4.69, 9.17) is 11.6 Å². The summed E-state index contributed by atoms with van der Waals surface area (Å²) in [5.41, 5.74) is 1.96. The monoisotopic (exact) mass is 428 g/mol. The standard InChI is InChI=1S/C19H17ClN6O4/c1-3-14(19(27)28)24-16-9-12(5-6-13(16)22-23-24)21-18-10(2)25(29)15-7-4-11(20)8-17(15)26(18)30/h4-9,14,21H,3H2,1-2H3,(H,27,28). The molecule has 0 fully saturated rings. The number of aliphatic carboxylic acids is 1. The van der Waals surface area contributed by atoms with Crippen molar-refractivity contribution in [3.8, 4) is 0 Å². The van der Waals surface area contributed by atoms with Crippen molar-refractivity contribution >= 4 is 51.1 Å². The van der Waals surface area contributed by atoms with Gasteiger partial charge < -0.3 is 15.5 Å². The summed E-state index contributed by atoms with van der Waals surface area (Å²) in [6.45, 7) is 3.27. The maximum absolute atomic E-state index is 12.9. The molecule has 10 nitrogen and oxygen atoms in total. The summed E-state index contributed by atoms with van der Waals surface area (Å²) in [5.74, 6) is -0.988. The number of fused-ring (bicyclic) bond motifs is 2. The number of hydrogen-bond acceptors (Lipinski definition) is 6. The zero-order chi connectivity index (χ0) is 21.6. The van der Waals surface area contributed by atoms with Crippen LogP contribution in [0.4, 0.5) is 11.5 Å². The summed E-state index contributed by atoms with van der Waals surface area (Å²) in [6, 6.07) is 8.54. The Labute approximate surface area is 175 Å². The number of nitrogens with one attached hydrogen (secondary N) is 1. The van der Waals surface area contributed by atoms with Crippen LogP contribution >= 0.6 is 11.6 Å². The van der Waals surface area contributed by atoms with Gasteiger partial charge in [-0.05, 0) is 24.6 Å². The average Bonchev–Trinajstić information content (AvgIpc) is 3.13. The van der Waals surface area contributed by atoms with Crippen LogP contribution in [-0.2, 0) is 4.79 Å². The molecule has 4 aromatic rings. The Morgan fingerprint density at radius 2 is 2.00 bits per heavy atom. The van der Waals surface area contributed by atoms with Crippen molar-refractivity contribution in [1.29, 1.82) is 0 Å². The van der Waals surface area contributed by atoms with E-state index in [1.54, 1.807) is 31.2 Å². The maximum atomic E-state index is 12.9. The molecule has 0 bridgehead atoms. The first-order valence-corrected chi connectivity index (χ1v) is 9.49. The van der Waals surface area contributed by atoms with Gasteiger partial charge in [0.15, 0.2) is 6.04 Å². The molecule has 2 aromatic carbocycles. The Morgan fingerprint density at radius 1 is 1.23 bits per heavy atom. The van der Waals surface area contributed by atoms with Gasteiger partial charge in [-0.1, -0.05) is 23.7 Å². The summed E-state index contributed by atoms with van der Waals surface area (Å²) in [5, 5.41) is 46.2. The molecule has 2 N–H and O–H groups in total. The predicted octanol–water partition coefficient (Wildman–Crippen LogP) is 2.59. The molecule has 0 spiro atoms. The Bertz CT molecular complexity index is 1310. The molecule has 2 heterocycles. The van der Waals surface area contributed by atoms with Gasteiger partial charge in [0.25, 0.3) is 11.2 Å². The van der Waals surface area contributed by atoms with E-state index in [-0.39, 0.29) is 22.5 Å². The maximum Gasteiger partial charge on any atom is 0.352 e. The Morgan fingerprint density at radius 3 is 2.70 bits per heavy atom. The summed E-state index contributed by atoms with van der Waals surface area (Å²) >= 11 is 5.99. The molecule has 0 aliphatic carbocycles. The average molecular weight is 429 g/mol. The van der Waals surface area contributed by atoms with Crippen LogP contribution in [0.2, 0.25) is 5.02 Å². The molecule has 4 rings (SSSR count). The third kappa shape index (κ3) is 3.11. The normalized spacial score (nSPS) is 12.4. The molecule has 0 saturated carbocycles. The lowest BCUT2D eigenvalue weighted by Crippen LogP contribution is -2.43. The second kappa shape index (κ2) is 7.30. The first-order valence-electron chi connectivity index (χ1n) is 9.11. The van der Waals surface area contributed by atoms with Crippen LogP contribution in [0.3, 0.4) is 0 Å². The van der Waals surface area contributed by atoms with Crippen LogP contribution in [0.1, 0.15) is 25.1 Å². The number of nitrogens with zero attached hydrogens (tertiary/aromatic N) is 5. The molecule has 0 amide bonds. The second-order valence-electron chi connectivity index (χ2n) is 6.78. The van der Waals surface area contributed by atoms with E-state index in [1.165, 1.54) is 23.7 Å². The number of carbonyl (C=O) groups is 1. The van der Waals surface area contributed by atoms with Gasteiger partial charge in [0.2, 0.25) is 5.52 Å². The highest BCUT2D eigenvalue weighted by atomic mass is 35.5. The van der Waals surface area contributed by atoms with Crippen LogP contribution < -0.4 is 14.8 Å². The Kier molecular flexibility index (Phi) is 4.78. The molecule has 1 unspecified atom stereocenters. The smallest absolute Gasteiger partial charge is 0.352 e. The van der Waals surface area contributed by atoms with Crippen LogP contribution in [0.15, 0.2) is 36.4 Å². The molecular weight excluding hydrogens is 412 g/mol. The number of aromatic nitrogens is 5. The molecule has 0 saturated heterocycles. The van der Waals surface area contributed by atoms with Gasteiger partial charge in [0.1, 0.15) is 11.2 Å². The Hall–Kier alpha value is -3.66. The fraction of sp³-hybridized carbons (Fsp3) is 0.211. The van der Waals surface area contributed by atoms with Gasteiger partial charge in [0, 0.05) is 30.1 Å². The second-order valence-corrected chi connectivity index (χ2v) is 7.22. The third-order valence-corrected chi connectivity index (χ3v) is 5.16. The van der Waals surface area contributed by atoms with Crippen molar-refractivity contribution in [3.63, 3.8) is 0 Å². The SMILES string of the molecule is CCC(C(=O)O)n1nnc2ccc(Nc3c(C)[n+]([O-])c4ccc(Cl)cc4[n+]3[O-])cc21. The highest BCUT2D eigenvalue weighted by molar-refractivity contribution is 6.31. The van der Waals surface area contributed by atoms with Gasteiger partial charge in [-0.25, -0.2) is 19.5 Å². The van der Waals surface area contributed by atoms with Gasteiger partial charge >= 0.3 is 11.8 Å². The number of hydrogen-bond donors (Lipinski definition) is 2. The number of anilines is 2. The molecule has 30 heavy (non-hydrogen) atoms. The first kappa shape index (κ1) is 19.6. The lowest BCUT2D eigenvalue weighted by Gasteiger charge is -2.15. The minimum absolute atomic E-state index is 0.0309. The molecule has 1 atom stereocenters. The summed E-state index contributed by atoms with van der Waals surface area (Å²) in [7, 11) is 0. The molecule has 0 radical (unpaired) electrons. The molecule has 0 aliphatic heterocycles. The quantitative estimate of drug-likeness (QED) is 0.368. The topological polar surface area (TPSA) is 134 Å². The number of carboxylic acid groups (broad SMARTS) is 1. The fourth-order valence-corrected chi connectivity index (χ4v) is 3.52. The van der Waals surface area contributed by atoms with Crippen molar-refractivity contribution in [2.24, 2.45) is 0 Å². The lowest BCUT2D eigenvalue weighted by molar-refractivity contribution is -0.623. The van der Waals surface area contributed by atoms with E-state index >= 15 is 0 Å². The molecular formula is C19H17ClN6O4. The van der Waals surface area contributed by atoms with Crippen molar-refractivity contribution in [2.75, 3.05) is 5.32 Å². The highest BCUT2D eigenvalue weighted by Gasteiger charge is 2.25. The Balaban J connectivity index is 1.83. The molecule has 11 heteroatoms. The largest absolute Gasteiger partial charge is 0.710 e. The van der Waals surface area contributed by atoms with Crippen LogP contribution in [0.25, 0.3) is 22.1 Å². The number of benzene rings is 2. The van der Waals surface area contributed by atoms with Gasteiger partial charge in [-0.15, -0.1) is 5.10 Å². The lowest BCUT2D eigenvalue weighted by atomic mass is 10.2. The van der Waals surface area contributed by atoms with Crippen LogP contribution in [0.5, 0.6) is 0 Å². The van der Waals surface area contributed by atoms with Gasteiger partial charge in [-0.2, -0.15) is 4.73 Å². The van der Waals surface area contributed by atoms with E-state index in [0.29, 0.717) is 37.6 Å². The predicted molar refractivity (Wildman–Crippen MR) is 109 cm³/mol. The summed E-state index contributed by atoms with van der Waals surface area (Å²) in [6.07, 6.45) is 0.326. The number of rotatable bonds is 5. The molecule has 2 aromatic heterocycles. The minimum atomic E-state index is -1.02. The van der Waals surface area contributed by atoms with E-state index in [0.717, 1.165) is 0 Å². The van der Waals surface area contributed by atoms with E-state index < -0.39 is 12.0 Å². The van der Waals surface area contributed by atoms with E-state index in [2.05, 4.69) is 15.6 Å². The number of halogens is 1. The molecule has 0 aliphatic rings. The van der Waals surface area contributed by atoms with Crippen molar-refractivity contribution in [1.82, 2.24) is 15.0 Å². The highest BCUT2D eigenvalue weighted by Crippen LogP contribution is 2.25. The van der Waals surface area contributed by atoms with Crippen molar-refractivity contribution in [2.45, 2.75) is 26.3 Å². The van der Waals surface area contributed by atoms with Crippen molar-refractivity contribution < 1.29 is 19.4 Å².